The van der Waals surface area contributed by atoms with Crippen molar-refractivity contribution < 1.29 is 14.3 Å². The minimum absolute atomic E-state index is 0.119. The monoisotopic (exact) mass is 375 g/mol. The Kier molecular flexibility index (Phi) is 5.09. The summed E-state index contributed by atoms with van der Waals surface area (Å²) in [5.41, 5.74) is 1.76. The van der Waals surface area contributed by atoms with E-state index in [1.165, 1.54) is 30.6 Å². The predicted octanol–water partition coefficient (Wildman–Crippen LogP) is 4.81. The predicted molar refractivity (Wildman–Crippen MR) is 104 cm³/mol. The number of amides is 1. The van der Waals surface area contributed by atoms with Crippen LogP contribution in [0.1, 0.15) is 73.2 Å². The summed E-state index contributed by atoms with van der Waals surface area (Å²) in [5, 5.41) is 3.88. The van der Waals surface area contributed by atoms with E-state index in [0.717, 1.165) is 42.2 Å². The van der Waals surface area contributed by atoms with Gasteiger partial charge in [-0.3, -0.25) is 4.79 Å². The molecule has 1 heterocycles. The number of hydrogen-bond donors (Lipinski definition) is 1. The first kappa shape index (κ1) is 18.0. The van der Waals surface area contributed by atoms with Gasteiger partial charge in [0.05, 0.1) is 12.2 Å². The van der Waals surface area contributed by atoms with Gasteiger partial charge < -0.3 is 10.1 Å². The Labute approximate surface area is 159 Å². The second-order valence-corrected chi connectivity index (χ2v) is 9.32. The number of anilines is 1. The van der Waals surface area contributed by atoms with Crippen molar-refractivity contribution in [2.45, 2.75) is 65.2 Å². The van der Waals surface area contributed by atoms with Crippen molar-refractivity contribution in [3.8, 4) is 0 Å². The van der Waals surface area contributed by atoms with Crippen molar-refractivity contribution in [3.63, 3.8) is 0 Å². The molecule has 1 N–H and O–H groups in total. The number of esters is 1. The second kappa shape index (κ2) is 7.34. The summed E-state index contributed by atoms with van der Waals surface area (Å²) in [6, 6.07) is 0. The number of fused-ring (bicyclic) bond motifs is 3. The number of carbonyl (C=O) groups excluding carboxylic acids is 2. The molecular formula is C21H29NO3S. The van der Waals surface area contributed by atoms with Crippen molar-refractivity contribution >= 4 is 28.2 Å². The van der Waals surface area contributed by atoms with Gasteiger partial charge in [0.25, 0.3) is 0 Å². The van der Waals surface area contributed by atoms with E-state index in [0.29, 0.717) is 24.0 Å². The van der Waals surface area contributed by atoms with Crippen LogP contribution in [0.15, 0.2) is 0 Å². The van der Waals surface area contributed by atoms with E-state index in [1.54, 1.807) is 11.3 Å². The van der Waals surface area contributed by atoms with Crippen LogP contribution in [0.25, 0.3) is 0 Å². The molecule has 0 saturated heterocycles. The molecule has 0 spiro atoms. The van der Waals surface area contributed by atoms with E-state index in [1.807, 2.05) is 6.92 Å². The Morgan fingerprint density at radius 2 is 2.04 bits per heavy atom. The molecule has 1 amide bonds. The Morgan fingerprint density at radius 3 is 2.69 bits per heavy atom. The van der Waals surface area contributed by atoms with Crippen LogP contribution < -0.4 is 5.32 Å². The lowest BCUT2D eigenvalue weighted by Crippen LogP contribution is -2.27. The lowest BCUT2D eigenvalue weighted by molar-refractivity contribution is -0.121. The molecular weight excluding hydrogens is 346 g/mol. The largest absolute Gasteiger partial charge is 0.462 e. The molecule has 4 rings (SSSR count). The molecule has 3 aliphatic carbocycles. The van der Waals surface area contributed by atoms with E-state index in [4.69, 9.17) is 4.74 Å². The topological polar surface area (TPSA) is 55.4 Å². The van der Waals surface area contributed by atoms with Gasteiger partial charge >= 0.3 is 5.97 Å². The average Bonchev–Trinajstić information content (AvgIpc) is 3.34. The van der Waals surface area contributed by atoms with Crippen molar-refractivity contribution in [2.24, 2.45) is 23.7 Å². The molecule has 4 nitrogen and oxygen atoms in total. The van der Waals surface area contributed by atoms with Crippen molar-refractivity contribution in [1.29, 1.82) is 0 Å². The van der Waals surface area contributed by atoms with E-state index in [-0.39, 0.29) is 17.8 Å². The maximum absolute atomic E-state index is 12.9. The molecule has 2 bridgehead atoms. The van der Waals surface area contributed by atoms with Gasteiger partial charge in [-0.1, -0.05) is 19.8 Å². The molecule has 5 heteroatoms. The van der Waals surface area contributed by atoms with Gasteiger partial charge in [0, 0.05) is 10.8 Å². The molecule has 0 aromatic carbocycles. The third-order valence-corrected chi connectivity index (χ3v) is 7.91. The normalized spacial score (nSPS) is 29.5. The summed E-state index contributed by atoms with van der Waals surface area (Å²) < 4.78 is 5.32. The van der Waals surface area contributed by atoms with E-state index in [9.17, 15) is 9.59 Å². The van der Waals surface area contributed by atoms with Crippen LogP contribution in [-0.2, 0) is 22.4 Å². The highest BCUT2D eigenvalue weighted by atomic mass is 32.1. The van der Waals surface area contributed by atoms with Gasteiger partial charge in [0.2, 0.25) is 5.91 Å². The second-order valence-electron chi connectivity index (χ2n) is 8.22. The Morgan fingerprint density at radius 1 is 1.19 bits per heavy atom. The van der Waals surface area contributed by atoms with Crippen LogP contribution in [0.2, 0.25) is 0 Å². The molecule has 4 atom stereocenters. The van der Waals surface area contributed by atoms with E-state index < -0.39 is 0 Å². The minimum Gasteiger partial charge on any atom is -0.462 e. The lowest BCUT2D eigenvalue weighted by Gasteiger charge is -2.21. The molecule has 2 saturated carbocycles. The Bertz CT molecular complexity index is 710. The quantitative estimate of drug-likeness (QED) is 0.751. The third-order valence-electron chi connectivity index (χ3n) is 6.74. The number of hydrogen-bond acceptors (Lipinski definition) is 4. The van der Waals surface area contributed by atoms with Crippen LogP contribution >= 0.6 is 11.3 Å². The molecule has 3 aliphatic rings. The summed E-state index contributed by atoms with van der Waals surface area (Å²) in [7, 11) is 0. The standard InChI is InChI=1S/C21H29NO3S/c1-3-12-6-8-15-17(11-12)26-20(18(15)21(24)25-4-2)22-19(23)16-10-13-5-7-14(16)9-13/h12-14,16H,3-11H2,1-2H3,(H,22,23)/t12-,13+,14+,16+/m0/s1. The van der Waals surface area contributed by atoms with Crippen LogP contribution in [0.4, 0.5) is 5.00 Å². The van der Waals surface area contributed by atoms with Gasteiger partial charge in [-0.25, -0.2) is 4.79 Å². The highest BCUT2D eigenvalue weighted by Gasteiger charge is 2.43. The average molecular weight is 376 g/mol. The Hall–Kier alpha value is -1.36. The smallest absolute Gasteiger partial charge is 0.341 e. The van der Waals surface area contributed by atoms with Crippen LogP contribution in [0.3, 0.4) is 0 Å². The molecule has 0 radical (unpaired) electrons. The summed E-state index contributed by atoms with van der Waals surface area (Å²) in [4.78, 5) is 26.8. The van der Waals surface area contributed by atoms with Gasteiger partial charge in [-0.15, -0.1) is 11.3 Å². The molecule has 0 aliphatic heterocycles. The van der Waals surface area contributed by atoms with Crippen molar-refractivity contribution in [1.82, 2.24) is 0 Å². The molecule has 1 aromatic rings. The number of nitrogens with one attached hydrogen (secondary N) is 1. The third kappa shape index (κ3) is 3.19. The fourth-order valence-electron chi connectivity index (χ4n) is 5.28. The van der Waals surface area contributed by atoms with E-state index >= 15 is 0 Å². The van der Waals surface area contributed by atoms with E-state index in [2.05, 4.69) is 12.2 Å². The first-order valence-corrected chi connectivity index (χ1v) is 11.0. The zero-order chi connectivity index (χ0) is 18.3. The Balaban J connectivity index is 1.59. The van der Waals surface area contributed by atoms with Crippen LogP contribution in [-0.4, -0.2) is 18.5 Å². The maximum atomic E-state index is 12.9. The first-order valence-electron chi connectivity index (χ1n) is 10.2. The van der Waals surface area contributed by atoms with Gasteiger partial charge in [-0.05, 0) is 68.8 Å². The maximum Gasteiger partial charge on any atom is 0.341 e. The summed E-state index contributed by atoms with van der Waals surface area (Å²) in [5.74, 6) is 1.94. The zero-order valence-electron chi connectivity index (χ0n) is 15.8. The molecule has 142 valence electrons. The summed E-state index contributed by atoms with van der Waals surface area (Å²) in [6.07, 6.45) is 8.93. The van der Waals surface area contributed by atoms with Crippen LogP contribution in [0, 0.1) is 23.7 Å². The van der Waals surface area contributed by atoms with Gasteiger partial charge in [-0.2, -0.15) is 0 Å². The molecule has 26 heavy (non-hydrogen) atoms. The lowest BCUT2D eigenvalue weighted by atomic mass is 9.85. The zero-order valence-corrected chi connectivity index (χ0v) is 16.6. The SMILES string of the molecule is CCOC(=O)c1c(NC(=O)[C@@H]2C[C@@H]3CC[C@@H]2C3)sc2c1CC[C@H](CC)C2. The molecule has 0 unspecified atom stereocenters. The molecule has 2 fully saturated rings. The number of rotatable bonds is 5. The fraction of sp³-hybridized carbons (Fsp3) is 0.714. The number of ether oxygens (including phenoxy) is 1. The highest BCUT2D eigenvalue weighted by molar-refractivity contribution is 7.17. The molecule has 1 aromatic heterocycles. The summed E-state index contributed by atoms with van der Waals surface area (Å²) in [6.45, 7) is 4.42. The van der Waals surface area contributed by atoms with Gasteiger partial charge in [0.15, 0.2) is 0 Å². The number of thiophene rings is 1. The van der Waals surface area contributed by atoms with Crippen LogP contribution in [0.5, 0.6) is 0 Å². The number of carbonyl (C=O) groups is 2. The first-order chi connectivity index (χ1) is 12.6. The van der Waals surface area contributed by atoms with Gasteiger partial charge in [0.1, 0.15) is 5.00 Å². The summed E-state index contributed by atoms with van der Waals surface area (Å²) >= 11 is 1.61. The van der Waals surface area contributed by atoms with Crippen molar-refractivity contribution in [3.05, 3.63) is 16.0 Å². The fourth-order valence-corrected chi connectivity index (χ4v) is 6.63. The highest BCUT2D eigenvalue weighted by Crippen LogP contribution is 2.49. The minimum atomic E-state index is -0.275. The van der Waals surface area contributed by atoms with Crippen molar-refractivity contribution in [2.75, 3.05) is 11.9 Å².